The molecule has 8 heteroatoms. The largest absolute Gasteiger partial charge is 0.484 e. The highest BCUT2D eigenvalue weighted by Crippen LogP contribution is 2.30. The van der Waals surface area contributed by atoms with Crippen molar-refractivity contribution in [2.24, 2.45) is 5.92 Å². The number of rotatable bonds is 7. The molecule has 0 bridgehead atoms. The molecular formula is C24H34N6O2. The molecule has 2 aliphatic rings. The molecule has 2 heterocycles. The molecule has 1 saturated carbocycles. The van der Waals surface area contributed by atoms with Crippen LogP contribution in [0.4, 0.5) is 5.82 Å². The van der Waals surface area contributed by atoms with Gasteiger partial charge in [-0.05, 0) is 65.0 Å². The predicted molar refractivity (Wildman–Crippen MR) is 125 cm³/mol. The molecule has 1 aromatic heterocycles. The molecule has 4 N–H and O–H groups in total. The van der Waals surface area contributed by atoms with Gasteiger partial charge in [0.2, 0.25) is 0 Å². The van der Waals surface area contributed by atoms with Crippen LogP contribution in [0.3, 0.4) is 0 Å². The second kappa shape index (κ2) is 9.83. The summed E-state index contributed by atoms with van der Waals surface area (Å²) in [4.78, 5) is 21.5. The molecule has 8 nitrogen and oxygen atoms in total. The summed E-state index contributed by atoms with van der Waals surface area (Å²) in [5.41, 5.74) is 9.58. The molecule has 3 atom stereocenters. The maximum Gasteiger partial charge on any atom is 0.258 e. The predicted octanol–water partition coefficient (Wildman–Crippen LogP) is 2.72. The van der Waals surface area contributed by atoms with Crippen molar-refractivity contribution in [2.75, 3.05) is 18.5 Å². The standard InChI is InChI=1S/C24H34N6O2/c1-14(2)26-22(31)13-32-20-7-5-6-17(11-20)24-27-16(4)15(3)23(29-24)28-19-8-9-21-18(10-19)12-25-30-21/h5-7,11,14,18-19,21,25,30H,8-10,12-13H2,1-4H3,(H,26,31)(H,27,28,29). The van der Waals surface area contributed by atoms with Crippen LogP contribution < -0.4 is 26.2 Å². The van der Waals surface area contributed by atoms with Gasteiger partial charge in [-0.2, -0.15) is 0 Å². The van der Waals surface area contributed by atoms with Crippen molar-refractivity contribution >= 4 is 11.7 Å². The lowest BCUT2D eigenvalue weighted by atomic mass is 9.83. The summed E-state index contributed by atoms with van der Waals surface area (Å²) < 4.78 is 5.68. The van der Waals surface area contributed by atoms with E-state index in [1.54, 1.807) is 0 Å². The minimum absolute atomic E-state index is 0.0181. The monoisotopic (exact) mass is 438 g/mol. The summed E-state index contributed by atoms with van der Waals surface area (Å²) in [6.45, 7) is 8.94. The smallest absolute Gasteiger partial charge is 0.258 e. The topological polar surface area (TPSA) is 100 Å². The van der Waals surface area contributed by atoms with E-state index in [4.69, 9.17) is 14.7 Å². The molecule has 2 aromatic rings. The van der Waals surface area contributed by atoms with Crippen LogP contribution in [0, 0.1) is 19.8 Å². The van der Waals surface area contributed by atoms with Crippen LogP contribution in [0.15, 0.2) is 24.3 Å². The first kappa shape index (κ1) is 22.5. The van der Waals surface area contributed by atoms with Gasteiger partial charge in [-0.1, -0.05) is 12.1 Å². The van der Waals surface area contributed by atoms with Crippen LogP contribution in [0.5, 0.6) is 5.75 Å². The van der Waals surface area contributed by atoms with Crippen molar-refractivity contribution in [3.63, 3.8) is 0 Å². The van der Waals surface area contributed by atoms with E-state index in [0.717, 1.165) is 48.4 Å². The molecule has 1 aliphatic heterocycles. The number of benzene rings is 1. The average molecular weight is 439 g/mol. The van der Waals surface area contributed by atoms with Crippen LogP contribution in [-0.2, 0) is 4.79 Å². The zero-order valence-corrected chi connectivity index (χ0v) is 19.4. The van der Waals surface area contributed by atoms with Crippen LogP contribution in [0.25, 0.3) is 11.4 Å². The molecule has 172 valence electrons. The Balaban J connectivity index is 1.48. The number of nitrogens with zero attached hydrogens (tertiary/aromatic N) is 2. The quantitative estimate of drug-likeness (QED) is 0.527. The first-order valence-electron chi connectivity index (χ1n) is 11.5. The number of anilines is 1. The lowest BCUT2D eigenvalue weighted by Crippen LogP contribution is -2.39. The van der Waals surface area contributed by atoms with Gasteiger partial charge in [-0.15, -0.1) is 0 Å². The minimum Gasteiger partial charge on any atom is -0.484 e. The summed E-state index contributed by atoms with van der Waals surface area (Å²) in [5.74, 6) is 2.70. The van der Waals surface area contributed by atoms with E-state index >= 15 is 0 Å². The number of nitrogens with one attached hydrogen (secondary N) is 4. The molecule has 2 fully saturated rings. The average Bonchev–Trinajstić information content (AvgIpc) is 3.23. The Bertz CT molecular complexity index is 964. The van der Waals surface area contributed by atoms with Gasteiger partial charge < -0.3 is 15.4 Å². The number of hydrogen-bond donors (Lipinski definition) is 4. The highest BCUT2D eigenvalue weighted by molar-refractivity contribution is 5.77. The first-order chi connectivity index (χ1) is 15.4. The summed E-state index contributed by atoms with van der Waals surface area (Å²) >= 11 is 0. The molecule has 0 radical (unpaired) electrons. The number of hydrogen-bond acceptors (Lipinski definition) is 7. The fraction of sp³-hybridized carbons (Fsp3) is 0.542. The van der Waals surface area contributed by atoms with Gasteiger partial charge in [0.15, 0.2) is 12.4 Å². The molecule has 4 rings (SSSR count). The third-order valence-electron chi connectivity index (χ3n) is 6.28. The van der Waals surface area contributed by atoms with Crippen LogP contribution in [0.1, 0.15) is 44.4 Å². The molecule has 0 spiro atoms. The summed E-state index contributed by atoms with van der Waals surface area (Å²) in [6.07, 6.45) is 3.41. The Kier molecular flexibility index (Phi) is 6.91. The van der Waals surface area contributed by atoms with Gasteiger partial charge in [-0.3, -0.25) is 15.6 Å². The van der Waals surface area contributed by atoms with Crippen molar-refractivity contribution < 1.29 is 9.53 Å². The maximum atomic E-state index is 11.9. The van der Waals surface area contributed by atoms with E-state index in [-0.39, 0.29) is 18.6 Å². The normalized spacial score (nSPS) is 22.5. The van der Waals surface area contributed by atoms with Gasteiger partial charge in [0.1, 0.15) is 11.6 Å². The first-order valence-corrected chi connectivity index (χ1v) is 11.5. The fourth-order valence-electron chi connectivity index (χ4n) is 4.46. The van der Waals surface area contributed by atoms with E-state index in [1.807, 2.05) is 45.0 Å². The fourth-order valence-corrected chi connectivity index (χ4v) is 4.46. The highest BCUT2D eigenvalue weighted by atomic mass is 16.5. The second-order valence-electron chi connectivity index (χ2n) is 9.19. The van der Waals surface area contributed by atoms with Gasteiger partial charge in [0, 0.05) is 41.5 Å². The van der Waals surface area contributed by atoms with Crippen LogP contribution >= 0.6 is 0 Å². The third-order valence-corrected chi connectivity index (χ3v) is 6.28. The van der Waals surface area contributed by atoms with E-state index in [1.165, 1.54) is 0 Å². The SMILES string of the molecule is Cc1nc(-c2cccc(OCC(=O)NC(C)C)c2)nc(NC2CCC3NNCC3C2)c1C. The van der Waals surface area contributed by atoms with Crippen molar-refractivity contribution in [1.82, 2.24) is 26.1 Å². The molecule has 32 heavy (non-hydrogen) atoms. The summed E-state index contributed by atoms with van der Waals surface area (Å²) in [6, 6.07) is 8.68. The number of amides is 1. The lowest BCUT2D eigenvalue weighted by Gasteiger charge is -2.32. The second-order valence-corrected chi connectivity index (χ2v) is 9.19. The third kappa shape index (κ3) is 5.37. The zero-order valence-electron chi connectivity index (χ0n) is 19.4. The Morgan fingerprint density at radius 3 is 2.91 bits per heavy atom. The maximum absolute atomic E-state index is 11.9. The number of aryl methyl sites for hydroxylation is 1. The van der Waals surface area contributed by atoms with Gasteiger partial charge in [0.25, 0.3) is 5.91 Å². The van der Waals surface area contributed by atoms with E-state index in [2.05, 4.69) is 28.4 Å². The number of fused-ring (bicyclic) bond motifs is 1. The van der Waals surface area contributed by atoms with Crippen molar-refractivity contribution in [1.29, 1.82) is 0 Å². The van der Waals surface area contributed by atoms with E-state index < -0.39 is 0 Å². The molecular weight excluding hydrogens is 404 g/mol. The molecule has 3 unspecified atom stereocenters. The van der Waals surface area contributed by atoms with E-state index in [9.17, 15) is 4.79 Å². The number of aromatic nitrogens is 2. The van der Waals surface area contributed by atoms with Crippen molar-refractivity contribution in [2.45, 2.75) is 65.1 Å². The van der Waals surface area contributed by atoms with Crippen LogP contribution in [-0.4, -0.2) is 47.2 Å². The number of ether oxygens (including phenoxy) is 1. The Hall–Kier alpha value is -2.71. The molecule has 1 amide bonds. The van der Waals surface area contributed by atoms with E-state index in [0.29, 0.717) is 29.6 Å². The number of carbonyl (C=O) groups is 1. The Morgan fingerprint density at radius 1 is 1.25 bits per heavy atom. The molecule has 1 aliphatic carbocycles. The lowest BCUT2D eigenvalue weighted by molar-refractivity contribution is -0.123. The zero-order chi connectivity index (χ0) is 22.7. The van der Waals surface area contributed by atoms with Crippen molar-refractivity contribution in [3.8, 4) is 17.1 Å². The molecule has 1 saturated heterocycles. The van der Waals surface area contributed by atoms with Gasteiger partial charge >= 0.3 is 0 Å². The molecule has 1 aromatic carbocycles. The van der Waals surface area contributed by atoms with Crippen LogP contribution in [0.2, 0.25) is 0 Å². The number of carbonyl (C=O) groups excluding carboxylic acids is 1. The Labute approximate surface area is 189 Å². The minimum atomic E-state index is -0.137. The summed E-state index contributed by atoms with van der Waals surface area (Å²) in [7, 11) is 0. The van der Waals surface area contributed by atoms with Crippen molar-refractivity contribution in [3.05, 3.63) is 35.5 Å². The Morgan fingerprint density at radius 2 is 2.09 bits per heavy atom. The van der Waals surface area contributed by atoms with Gasteiger partial charge in [0.05, 0.1) is 0 Å². The summed E-state index contributed by atoms with van der Waals surface area (Å²) in [5, 5.41) is 6.52. The highest BCUT2D eigenvalue weighted by Gasteiger charge is 2.34. The van der Waals surface area contributed by atoms with Gasteiger partial charge in [-0.25, -0.2) is 9.97 Å². The number of hydrazine groups is 1.